The molecular formula is C27H22F2N4O4. The van der Waals surface area contributed by atoms with Gasteiger partial charge in [-0.05, 0) is 54.1 Å². The Balaban J connectivity index is 1.75. The van der Waals surface area contributed by atoms with Crippen LogP contribution in [0.4, 0.5) is 20.4 Å². The Kier molecular flexibility index (Phi) is 5.87. The average Bonchev–Trinajstić information content (AvgIpc) is 3.41. The lowest BCUT2D eigenvalue weighted by molar-refractivity contribution is -0.132. The molecule has 1 unspecified atom stereocenters. The summed E-state index contributed by atoms with van der Waals surface area (Å²) in [7, 11) is 5.07. The van der Waals surface area contributed by atoms with Crippen molar-refractivity contribution in [2.75, 3.05) is 31.0 Å². The number of rotatable bonds is 5. The van der Waals surface area contributed by atoms with Crippen molar-refractivity contribution < 1.29 is 28.2 Å². The summed E-state index contributed by atoms with van der Waals surface area (Å²) in [5.41, 5.74) is 1.72. The number of imidazole rings is 1. The molecule has 1 fully saturated rings. The van der Waals surface area contributed by atoms with Crippen molar-refractivity contribution >= 4 is 40.1 Å². The van der Waals surface area contributed by atoms with E-state index in [9.17, 15) is 23.5 Å². The highest BCUT2D eigenvalue weighted by Crippen LogP contribution is 2.43. The van der Waals surface area contributed by atoms with Gasteiger partial charge in [0.2, 0.25) is 5.95 Å². The summed E-state index contributed by atoms with van der Waals surface area (Å²) in [4.78, 5) is 37.0. The number of fused-ring (bicyclic) bond motifs is 1. The molecule has 0 spiro atoms. The molecule has 0 bridgehead atoms. The molecule has 5 rings (SSSR count). The number of aliphatic hydroxyl groups excluding tert-OH is 1. The third kappa shape index (κ3) is 4.06. The molecule has 3 aromatic carbocycles. The number of aliphatic hydroxyl groups is 1. The van der Waals surface area contributed by atoms with Crippen LogP contribution in [-0.4, -0.2) is 48.0 Å². The van der Waals surface area contributed by atoms with E-state index >= 15 is 0 Å². The van der Waals surface area contributed by atoms with Gasteiger partial charge in [-0.3, -0.25) is 14.5 Å². The third-order valence-corrected chi connectivity index (χ3v) is 6.25. The maximum Gasteiger partial charge on any atom is 0.302 e. The number of methoxy groups -OCH3 is 1. The lowest BCUT2D eigenvalue weighted by Gasteiger charge is -2.24. The number of aromatic nitrogens is 2. The van der Waals surface area contributed by atoms with Crippen molar-refractivity contribution in [3.63, 3.8) is 0 Å². The molecule has 0 radical (unpaired) electrons. The van der Waals surface area contributed by atoms with Crippen LogP contribution >= 0.6 is 0 Å². The Morgan fingerprint density at radius 3 is 2.38 bits per heavy atom. The monoisotopic (exact) mass is 504 g/mol. The first-order valence-electron chi connectivity index (χ1n) is 11.3. The molecule has 4 aromatic rings. The van der Waals surface area contributed by atoms with Crippen LogP contribution in [0.2, 0.25) is 0 Å². The number of nitrogens with one attached hydrogen (secondary N) is 1. The lowest BCUT2D eigenvalue weighted by atomic mass is 9.95. The summed E-state index contributed by atoms with van der Waals surface area (Å²) >= 11 is 0. The fourth-order valence-corrected chi connectivity index (χ4v) is 4.41. The van der Waals surface area contributed by atoms with Gasteiger partial charge < -0.3 is 19.7 Å². The van der Waals surface area contributed by atoms with Crippen LogP contribution in [0.3, 0.4) is 0 Å². The van der Waals surface area contributed by atoms with Crippen LogP contribution in [0.5, 0.6) is 5.75 Å². The molecule has 2 N–H and O–H groups in total. The molecule has 188 valence electrons. The fraction of sp³-hybridized carbons (Fsp3) is 0.148. The molecule has 2 heterocycles. The maximum atomic E-state index is 14.1. The van der Waals surface area contributed by atoms with Crippen LogP contribution in [0.15, 0.2) is 66.2 Å². The molecule has 37 heavy (non-hydrogen) atoms. The molecule has 8 nitrogen and oxygen atoms in total. The second-order valence-electron chi connectivity index (χ2n) is 8.72. The van der Waals surface area contributed by atoms with E-state index in [1.807, 2.05) is 19.0 Å². The zero-order valence-electron chi connectivity index (χ0n) is 20.1. The number of H-pyrrole nitrogens is 1. The number of hydrogen-bond acceptors (Lipinski definition) is 6. The molecule has 0 saturated carbocycles. The lowest BCUT2D eigenvalue weighted by Crippen LogP contribution is -2.30. The van der Waals surface area contributed by atoms with Gasteiger partial charge in [0.1, 0.15) is 23.1 Å². The van der Waals surface area contributed by atoms with Crippen molar-refractivity contribution in [1.82, 2.24) is 9.97 Å². The van der Waals surface area contributed by atoms with Gasteiger partial charge in [0.15, 0.2) is 0 Å². The standard InChI is InChI=1S/C27H22F2N4O4/c1-32(2)17-8-4-14(5-9-17)23-22(24(34)18-12-15(28)7-11-21(18)37-3)25(35)26(36)33(23)27-30-19-10-6-16(29)13-20(19)31-27/h4-13,23,34H,1-3H3,(H,30,31)/b24-22+. The summed E-state index contributed by atoms with van der Waals surface area (Å²) in [5.74, 6) is -3.60. The van der Waals surface area contributed by atoms with E-state index < -0.39 is 35.1 Å². The van der Waals surface area contributed by atoms with Gasteiger partial charge in [0.25, 0.3) is 5.78 Å². The molecule has 1 amide bonds. The minimum absolute atomic E-state index is 0.00496. The van der Waals surface area contributed by atoms with E-state index in [0.717, 1.165) is 22.7 Å². The van der Waals surface area contributed by atoms with Crippen LogP contribution < -0.4 is 14.5 Å². The molecule has 1 aliphatic heterocycles. The van der Waals surface area contributed by atoms with E-state index in [2.05, 4.69) is 9.97 Å². The quantitative estimate of drug-likeness (QED) is 0.235. The van der Waals surface area contributed by atoms with Gasteiger partial charge in [-0.15, -0.1) is 0 Å². The minimum atomic E-state index is -1.12. The number of anilines is 2. The summed E-state index contributed by atoms with van der Waals surface area (Å²) < 4.78 is 33.2. The first-order valence-corrected chi connectivity index (χ1v) is 11.3. The highest BCUT2D eigenvalue weighted by Gasteiger charge is 2.48. The smallest absolute Gasteiger partial charge is 0.302 e. The first-order chi connectivity index (χ1) is 17.7. The number of benzene rings is 3. The number of Topliss-reactive ketones (excluding diaryl/α,β-unsaturated/α-hetero) is 1. The Morgan fingerprint density at radius 2 is 1.70 bits per heavy atom. The Bertz CT molecular complexity index is 1580. The number of ketones is 1. The number of aromatic amines is 1. The van der Waals surface area contributed by atoms with Crippen LogP contribution in [0.25, 0.3) is 16.8 Å². The zero-order chi connectivity index (χ0) is 26.4. The van der Waals surface area contributed by atoms with E-state index in [0.29, 0.717) is 16.6 Å². The van der Waals surface area contributed by atoms with Crippen molar-refractivity contribution in [2.45, 2.75) is 6.04 Å². The molecule has 1 aromatic heterocycles. The van der Waals surface area contributed by atoms with E-state index in [4.69, 9.17) is 4.74 Å². The zero-order valence-corrected chi connectivity index (χ0v) is 20.1. The van der Waals surface area contributed by atoms with Gasteiger partial charge in [0.05, 0.1) is 35.3 Å². The number of halogens is 2. The third-order valence-electron chi connectivity index (χ3n) is 6.25. The number of ether oxygens (including phenoxy) is 1. The normalized spacial score (nSPS) is 17.0. The minimum Gasteiger partial charge on any atom is -0.507 e. The van der Waals surface area contributed by atoms with Crippen LogP contribution in [0.1, 0.15) is 17.2 Å². The average molecular weight is 504 g/mol. The summed E-state index contributed by atoms with van der Waals surface area (Å²) in [5, 5.41) is 11.3. The Hall–Kier alpha value is -4.73. The second kappa shape index (κ2) is 9.05. The van der Waals surface area contributed by atoms with Crippen molar-refractivity contribution in [3.8, 4) is 5.75 Å². The molecule has 10 heteroatoms. The van der Waals surface area contributed by atoms with E-state index in [1.165, 1.54) is 31.4 Å². The number of carbonyl (C=O) groups excluding carboxylic acids is 2. The molecule has 1 atom stereocenters. The topological polar surface area (TPSA) is 98.8 Å². The van der Waals surface area contributed by atoms with Gasteiger partial charge in [0, 0.05) is 19.8 Å². The predicted molar refractivity (Wildman–Crippen MR) is 135 cm³/mol. The van der Waals surface area contributed by atoms with Gasteiger partial charge in [-0.1, -0.05) is 12.1 Å². The SMILES string of the molecule is COc1ccc(F)cc1/C(O)=C1\C(=O)C(=O)N(c2nc3ccc(F)cc3[nH]2)C1c1ccc(N(C)C)cc1. The summed E-state index contributed by atoms with van der Waals surface area (Å²) in [6.45, 7) is 0. The van der Waals surface area contributed by atoms with Gasteiger partial charge in [-0.2, -0.15) is 0 Å². The second-order valence-corrected chi connectivity index (χ2v) is 8.72. The number of hydrogen-bond donors (Lipinski definition) is 2. The summed E-state index contributed by atoms with van der Waals surface area (Å²) in [6, 6.07) is 13.3. The molecular weight excluding hydrogens is 482 g/mol. The molecule has 0 aliphatic carbocycles. The predicted octanol–water partition coefficient (Wildman–Crippen LogP) is 4.54. The van der Waals surface area contributed by atoms with E-state index in [1.54, 1.807) is 24.3 Å². The van der Waals surface area contributed by atoms with Crippen molar-refractivity contribution in [1.29, 1.82) is 0 Å². The van der Waals surface area contributed by atoms with Crippen molar-refractivity contribution in [3.05, 3.63) is 89.0 Å². The first kappa shape index (κ1) is 24.0. The van der Waals surface area contributed by atoms with E-state index in [-0.39, 0.29) is 22.8 Å². The largest absolute Gasteiger partial charge is 0.507 e. The van der Waals surface area contributed by atoms with Gasteiger partial charge in [-0.25, -0.2) is 13.8 Å². The maximum absolute atomic E-state index is 14.1. The highest BCUT2D eigenvalue weighted by molar-refractivity contribution is 6.51. The number of nitrogens with zero attached hydrogens (tertiary/aromatic N) is 3. The Labute approximate surface area is 210 Å². The fourth-order valence-electron chi connectivity index (χ4n) is 4.41. The Morgan fingerprint density at radius 1 is 1.03 bits per heavy atom. The number of carbonyl (C=O) groups is 2. The van der Waals surface area contributed by atoms with Crippen LogP contribution in [0, 0.1) is 11.6 Å². The molecule has 1 saturated heterocycles. The van der Waals surface area contributed by atoms with Crippen LogP contribution in [-0.2, 0) is 9.59 Å². The summed E-state index contributed by atoms with van der Waals surface area (Å²) in [6.07, 6.45) is 0. The number of amides is 1. The highest BCUT2D eigenvalue weighted by atomic mass is 19.1. The molecule has 1 aliphatic rings. The van der Waals surface area contributed by atoms with Gasteiger partial charge >= 0.3 is 5.91 Å². The van der Waals surface area contributed by atoms with Crippen molar-refractivity contribution in [2.24, 2.45) is 0 Å².